The van der Waals surface area contributed by atoms with Crippen molar-refractivity contribution in [2.45, 2.75) is 71.3 Å². The molecule has 0 aliphatic heterocycles. The second-order valence-electron chi connectivity index (χ2n) is 11.6. The fraction of sp³-hybridized carbons (Fsp3) is 0.361. The number of rotatable bonds is 15. The van der Waals surface area contributed by atoms with Crippen LogP contribution in [0.1, 0.15) is 53.0 Å². The van der Waals surface area contributed by atoms with Gasteiger partial charge in [0.1, 0.15) is 11.9 Å². The standard InChI is InChI=1S/C36H46O5Si/c1-8-9-20-34(39-27-30-21-23-31(38-7)24-22-30)35(37)41-29(3)25-28(2)26-40-42(36(4,5)6,32-16-12-10-13-17-32)33-18-14-11-15-19-33/h8,10-19,21-25,29,34H,1,9,20,26-27H2,2-7H3/b28-25+/t29-,34?/m0/s1. The fourth-order valence-corrected chi connectivity index (χ4v) is 9.78. The molecule has 3 aromatic rings. The molecule has 0 N–H and O–H groups in total. The van der Waals surface area contributed by atoms with E-state index in [0.29, 0.717) is 26.1 Å². The van der Waals surface area contributed by atoms with Crippen LogP contribution < -0.4 is 15.1 Å². The van der Waals surface area contributed by atoms with E-state index in [1.54, 1.807) is 13.2 Å². The maximum absolute atomic E-state index is 13.1. The summed E-state index contributed by atoms with van der Waals surface area (Å²) in [7, 11) is -1.03. The van der Waals surface area contributed by atoms with E-state index in [1.165, 1.54) is 10.4 Å². The van der Waals surface area contributed by atoms with Gasteiger partial charge in [-0.05, 0) is 71.4 Å². The Labute approximate surface area is 253 Å². The summed E-state index contributed by atoms with van der Waals surface area (Å²) >= 11 is 0. The van der Waals surface area contributed by atoms with Crippen LogP contribution in [0.2, 0.25) is 5.04 Å². The van der Waals surface area contributed by atoms with Crippen LogP contribution in [0.3, 0.4) is 0 Å². The van der Waals surface area contributed by atoms with E-state index >= 15 is 0 Å². The number of allylic oxidation sites excluding steroid dienone is 1. The Morgan fingerprint density at radius 1 is 0.929 bits per heavy atom. The monoisotopic (exact) mass is 586 g/mol. The number of hydrogen-bond acceptors (Lipinski definition) is 5. The lowest BCUT2D eigenvalue weighted by atomic mass is 10.2. The van der Waals surface area contributed by atoms with Gasteiger partial charge < -0.3 is 18.6 Å². The van der Waals surface area contributed by atoms with Crippen LogP contribution in [0, 0.1) is 0 Å². The van der Waals surface area contributed by atoms with E-state index in [9.17, 15) is 4.79 Å². The lowest BCUT2D eigenvalue weighted by Gasteiger charge is -2.43. The van der Waals surface area contributed by atoms with E-state index in [0.717, 1.165) is 16.9 Å². The molecule has 42 heavy (non-hydrogen) atoms. The first-order chi connectivity index (χ1) is 20.1. The fourth-order valence-electron chi connectivity index (χ4n) is 5.18. The molecule has 0 aliphatic carbocycles. The van der Waals surface area contributed by atoms with Gasteiger partial charge in [-0.25, -0.2) is 4.79 Å². The van der Waals surface area contributed by atoms with Crippen LogP contribution in [0.25, 0.3) is 0 Å². The smallest absolute Gasteiger partial charge is 0.335 e. The highest BCUT2D eigenvalue weighted by atomic mass is 28.4. The third kappa shape index (κ3) is 8.77. The average molecular weight is 587 g/mol. The molecule has 3 aromatic carbocycles. The predicted octanol–water partition coefficient (Wildman–Crippen LogP) is 7.00. The Kier molecular flexibility index (Phi) is 12.3. The molecule has 0 heterocycles. The van der Waals surface area contributed by atoms with E-state index < -0.39 is 20.5 Å². The first kappa shape index (κ1) is 33.1. The summed E-state index contributed by atoms with van der Waals surface area (Å²) in [6, 6.07) is 28.8. The Morgan fingerprint density at radius 3 is 2.00 bits per heavy atom. The minimum absolute atomic E-state index is 0.117. The highest BCUT2D eigenvalue weighted by Gasteiger charge is 2.50. The number of hydrogen-bond donors (Lipinski definition) is 0. The van der Waals surface area contributed by atoms with Gasteiger partial charge in [0.15, 0.2) is 6.10 Å². The second kappa shape index (κ2) is 15.7. The van der Waals surface area contributed by atoms with Crippen LogP contribution in [-0.4, -0.2) is 40.2 Å². The largest absolute Gasteiger partial charge is 0.497 e. The van der Waals surface area contributed by atoms with E-state index in [-0.39, 0.29) is 11.0 Å². The summed E-state index contributed by atoms with van der Waals surface area (Å²) in [5.74, 6) is 0.395. The first-order valence-corrected chi connectivity index (χ1v) is 16.5. The predicted molar refractivity (Wildman–Crippen MR) is 174 cm³/mol. The van der Waals surface area contributed by atoms with Crippen molar-refractivity contribution >= 4 is 24.7 Å². The Bertz CT molecular complexity index is 1240. The number of esters is 1. The van der Waals surface area contributed by atoms with Crippen molar-refractivity contribution < 1.29 is 23.4 Å². The summed E-state index contributed by atoms with van der Waals surface area (Å²) < 4.78 is 24.1. The number of benzene rings is 3. The zero-order valence-electron chi connectivity index (χ0n) is 26.0. The molecule has 0 aromatic heterocycles. The number of carbonyl (C=O) groups is 1. The van der Waals surface area contributed by atoms with Gasteiger partial charge in [0, 0.05) is 0 Å². The number of carbonyl (C=O) groups excluding carboxylic acids is 1. The number of methoxy groups -OCH3 is 1. The van der Waals surface area contributed by atoms with Crippen molar-refractivity contribution in [1.82, 2.24) is 0 Å². The van der Waals surface area contributed by atoms with E-state index in [1.807, 2.05) is 56.3 Å². The van der Waals surface area contributed by atoms with Gasteiger partial charge in [-0.15, -0.1) is 6.58 Å². The molecule has 0 saturated carbocycles. The van der Waals surface area contributed by atoms with Crippen molar-refractivity contribution in [3.8, 4) is 5.75 Å². The quantitative estimate of drug-likeness (QED) is 0.109. The van der Waals surface area contributed by atoms with Crippen molar-refractivity contribution in [2.75, 3.05) is 13.7 Å². The third-order valence-electron chi connectivity index (χ3n) is 7.26. The molecular weight excluding hydrogens is 540 g/mol. The average Bonchev–Trinajstić information content (AvgIpc) is 2.98. The second-order valence-corrected chi connectivity index (χ2v) is 15.9. The van der Waals surface area contributed by atoms with Crippen LogP contribution in [0.4, 0.5) is 0 Å². The third-order valence-corrected chi connectivity index (χ3v) is 12.2. The minimum Gasteiger partial charge on any atom is -0.497 e. The van der Waals surface area contributed by atoms with Gasteiger partial charge >= 0.3 is 5.97 Å². The highest BCUT2D eigenvalue weighted by molar-refractivity contribution is 6.99. The molecule has 0 spiro atoms. The SMILES string of the molecule is C=CCCC(OCc1ccc(OC)cc1)C(=O)O[C@@H](C)/C=C(\C)CO[Si](c1ccccc1)(c1ccccc1)C(C)(C)C. The maximum atomic E-state index is 13.1. The molecule has 1 unspecified atom stereocenters. The topological polar surface area (TPSA) is 54.0 Å². The van der Waals surface area contributed by atoms with Gasteiger partial charge in [-0.3, -0.25) is 0 Å². The Morgan fingerprint density at radius 2 is 1.50 bits per heavy atom. The molecule has 6 heteroatoms. The molecule has 224 valence electrons. The lowest BCUT2D eigenvalue weighted by molar-refractivity contribution is -0.161. The van der Waals surface area contributed by atoms with Gasteiger partial charge in [0.25, 0.3) is 8.32 Å². The molecular formula is C36H46O5Si. The molecule has 3 rings (SSSR count). The zero-order valence-corrected chi connectivity index (χ0v) is 27.0. The van der Waals surface area contributed by atoms with E-state index in [4.69, 9.17) is 18.6 Å². The molecule has 0 radical (unpaired) electrons. The molecule has 0 saturated heterocycles. The minimum atomic E-state index is -2.66. The normalized spacial score (nSPS) is 13.7. The van der Waals surface area contributed by atoms with E-state index in [2.05, 4.69) is 75.9 Å². The first-order valence-electron chi connectivity index (χ1n) is 14.6. The van der Waals surface area contributed by atoms with Crippen molar-refractivity contribution in [3.63, 3.8) is 0 Å². The molecule has 2 atom stereocenters. The van der Waals surface area contributed by atoms with Crippen molar-refractivity contribution in [3.05, 3.63) is 115 Å². The van der Waals surface area contributed by atoms with Crippen LogP contribution in [0.15, 0.2) is 109 Å². The van der Waals surface area contributed by atoms with Gasteiger partial charge in [-0.2, -0.15) is 0 Å². The van der Waals surface area contributed by atoms with Gasteiger partial charge in [0.05, 0.1) is 20.3 Å². The van der Waals surface area contributed by atoms with Crippen LogP contribution in [-0.2, 0) is 25.3 Å². The zero-order chi connectivity index (χ0) is 30.6. The summed E-state index contributed by atoms with van der Waals surface area (Å²) in [4.78, 5) is 13.1. The number of ether oxygens (including phenoxy) is 3. The van der Waals surface area contributed by atoms with Crippen molar-refractivity contribution in [2.24, 2.45) is 0 Å². The van der Waals surface area contributed by atoms with Crippen LogP contribution in [0.5, 0.6) is 5.75 Å². The van der Waals surface area contributed by atoms with Gasteiger partial charge in [0.2, 0.25) is 0 Å². The highest BCUT2D eigenvalue weighted by Crippen LogP contribution is 2.37. The maximum Gasteiger partial charge on any atom is 0.335 e. The van der Waals surface area contributed by atoms with Gasteiger partial charge in [-0.1, -0.05) is 99.6 Å². The summed E-state index contributed by atoms with van der Waals surface area (Å²) in [5.41, 5.74) is 1.96. The molecule has 0 amide bonds. The summed E-state index contributed by atoms with van der Waals surface area (Å²) in [6.07, 6.45) is 3.78. The summed E-state index contributed by atoms with van der Waals surface area (Å²) in [5, 5.41) is 2.35. The lowest BCUT2D eigenvalue weighted by Crippen LogP contribution is -2.66. The molecule has 0 aliphatic rings. The Balaban J connectivity index is 1.72. The van der Waals surface area contributed by atoms with Crippen molar-refractivity contribution in [1.29, 1.82) is 0 Å². The molecule has 0 bridgehead atoms. The summed E-state index contributed by atoms with van der Waals surface area (Å²) in [6.45, 7) is 15.2. The molecule has 5 nitrogen and oxygen atoms in total. The van der Waals surface area contributed by atoms with Crippen LogP contribution >= 0.6 is 0 Å². The molecule has 0 fully saturated rings. The Hall–Kier alpha value is -3.45.